The van der Waals surface area contributed by atoms with Crippen molar-refractivity contribution in [2.45, 2.75) is 24.7 Å². The van der Waals surface area contributed by atoms with Gasteiger partial charge in [-0.3, -0.25) is 20.4 Å². The molecule has 2 N–H and O–H groups in total. The zero-order chi connectivity index (χ0) is 20.9. The van der Waals surface area contributed by atoms with E-state index in [9.17, 15) is 18.0 Å². The zero-order valence-corrected chi connectivity index (χ0v) is 16.9. The average molecular weight is 417 g/mol. The third kappa shape index (κ3) is 5.33. The zero-order valence-electron chi connectivity index (χ0n) is 16.1. The minimum atomic E-state index is -3.53. The number of amides is 2. The molecule has 1 saturated heterocycles. The molecule has 1 fully saturated rings. The van der Waals surface area contributed by atoms with Gasteiger partial charge in [-0.25, -0.2) is 8.42 Å². The first-order valence-corrected chi connectivity index (χ1v) is 10.7. The molecule has 29 heavy (non-hydrogen) atoms. The Balaban J connectivity index is 1.51. The van der Waals surface area contributed by atoms with Gasteiger partial charge in [-0.05, 0) is 61.7 Å². The number of ether oxygens (including phenoxy) is 1. The van der Waals surface area contributed by atoms with Crippen LogP contribution in [0.1, 0.15) is 28.8 Å². The number of benzene rings is 2. The first-order valence-electron chi connectivity index (χ1n) is 9.25. The van der Waals surface area contributed by atoms with Crippen LogP contribution >= 0.6 is 0 Å². The number of rotatable bonds is 6. The molecule has 0 saturated carbocycles. The maximum absolute atomic E-state index is 12.5. The van der Waals surface area contributed by atoms with E-state index >= 15 is 0 Å². The fourth-order valence-electron chi connectivity index (χ4n) is 2.94. The molecule has 1 aliphatic heterocycles. The second kappa shape index (κ2) is 9.06. The number of aryl methyl sites for hydroxylation is 1. The van der Waals surface area contributed by atoms with Gasteiger partial charge < -0.3 is 4.74 Å². The smallest absolute Gasteiger partial charge is 0.276 e. The third-order valence-corrected chi connectivity index (χ3v) is 6.41. The Hall–Kier alpha value is -2.91. The van der Waals surface area contributed by atoms with Crippen molar-refractivity contribution in [1.29, 1.82) is 0 Å². The average Bonchev–Trinajstić information content (AvgIpc) is 3.26. The minimum absolute atomic E-state index is 0.145. The van der Waals surface area contributed by atoms with E-state index in [0.717, 1.165) is 18.4 Å². The number of nitrogens with zero attached hydrogens (tertiary/aromatic N) is 1. The lowest BCUT2D eigenvalue weighted by Gasteiger charge is -2.15. The van der Waals surface area contributed by atoms with Gasteiger partial charge >= 0.3 is 0 Å². The topological polar surface area (TPSA) is 105 Å². The summed E-state index contributed by atoms with van der Waals surface area (Å²) in [5.74, 6) is -0.520. The highest BCUT2D eigenvalue weighted by atomic mass is 32.2. The van der Waals surface area contributed by atoms with Gasteiger partial charge in [0.15, 0.2) is 6.61 Å². The van der Waals surface area contributed by atoms with Crippen molar-refractivity contribution < 1.29 is 22.7 Å². The maximum atomic E-state index is 12.5. The van der Waals surface area contributed by atoms with Gasteiger partial charge in [-0.15, -0.1) is 0 Å². The van der Waals surface area contributed by atoms with Gasteiger partial charge in [0.05, 0.1) is 4.90 Å². The van der Waals surface area contributed by atoms with Crippen LogP contribution in [0.5, 0.6) is 5.75 Å². The Morgan fingerprint density at radius 3 is 2.38 bits per heavy atom. The van der Waals surface area contributed by atoms with Crippen LogP contribution in [0.2, 0.25) is 0 Å². The van der Waals surface area contributed by atoms with E-state index in [1.165, 1.54) is 28.6 Å². The Morgan fingerprint density at radius 2 is 1.72 bits per heavy atom. The van der Waals surface area contributed by atoms with E-state index < -0.39 is 21.8 Å². The highest BCUT2D eigenvalue weighted by molar-refractivity contribution is 7.89. The van der Waals surface area contributed by atoms with Crippen LogP contribution in [0.15, 0.2) is 53.4 Å². The summed E-state index contributed by atoms with van der Waals surface area (Å²) < 4.78 is 31.8. The van der Waals surface area contributed by atoms with Crippen molar-refractivity contribution in [1.82, 2.24) is 15.2 Å². The second-order valence-electron chi connectivity index (χ2n) is 6.74. The van der Waals surface area contributed by atoms with E-state index in [4.69, 9.17) is 4.74 Å². The van der Waals surface area contributed by atoms with Gasteiger partial charge in [0.25, 0.3) is 11.8 Å². The van der Waals surface area contributed by atoms with Crippen LogP contribution in [0, 0.1) is 6.92 Å². The molecule has 0 bridgehead atoms. The number of sulfonamides is 1. The molecule has 3 rings (SSSR count). The lowest BCUT2D eigenvalue weighted by Crippen LogP contribution is -2.43. The molecule has 0 aliphatic carbocycles. The van der Waals surface area contributed by atoms with Crippen molar-refractivity contribution in [2.75, 3.05) is 19.7 Å². The Labute approximate surface area is 169 Å². The molecule has 8 nitrogen and oxygen atoms in total. The van der Waals surface area contributed by atoms with Crippen LogP contribution in [0.4, 0.5) is 0 Å². The first-order chi connectivity index (χ1) is 13.9. The number of hydrazine groups is 1. The number of nitrogens with one attached hydrogen (secondary N) is 2. The van der Waals surface area contributed by atoms with Crippen LogP contribution < -0.4 is 15.6 Å². The van der Waals surface area contributed by atoms with Crippen LogP contribution in [-0.2, 0) is 14.8 Å². The lowest BCUT2D eigenvalue weighted by molar-refractivity contribution is -0.123. The third-order valence-electron chi connectivity index (χ3n) is 4.49. The second-order valence-corrected chi connectivity index (χ2v) is 8.68. The van der Waals surface area contributed by atoms with Crippen molar-refractivity contribution in [3.8, 4) is 5.75 Å². The molecule has 0 aromatic heterocycles. The largest absolute Gasteiger partial charge is 0.484 e. The van der Waals surface area contributed by atoms with Crippen molar-refractivity contribution in [3.05, 3.63) is 59.7 Å². The van der Waals surface area contributed by atoms with E-state index in [1.54, 1.807) is 12.1 Å². The number of hydrogen-bond donors (Lipinski definition) is 2. The lowest BCUT2D eigenvalue weighted by atomic mass is 10.2. The van der Waals surface area contributed by atoms with E-state index in [0.29, 0.717) is 18.8 Å². The number of hydrogen-bond acceptors (Lipinski definition) is 5. The fourth-order valence-corrected chi connectivity index (χ4v) is 4.46. The Kier molecular flexibility index (Phi) is 6.50. The highest BCUT2D eigenvalue weighted by Crippen LogP contribution is 2.21. The van der Waals surface area contributed by atoms with Gasteiger partial charge in [0.2, 0.25) is 10.0 Å². The summed E-state index contributed by atoms with van der Waals surface area (Å²) in [4.78, 5) is 24.1. The van der Waals surface area contributed by atoms with Crippen molar-refractivity contribution in [2.24, 2.45) is 0 Å². The monoisotopic (exact) mass is 417 g/mol. The molecular weight excluding hydrogens is 394 g/mol. The summed E-state index contributed by atoms with van der Waals surface area (Å²) >= 11 is 0. The molecule has 9 heteroatoms. The first kappa shape index (κ1) is 20.8. The summed E-state index contributed by atoms with van der Waals surface area (Å²) in [7, 11) is -3.53. The van der Waals surface area contributed by atoms with E-state index in [2.05, 4.69) is 10.9 Å². The molecule has 1 aliphatic rings. The summed E-state index contributed by atoms with van der Waals surface area (Å²) in [5, 5.41) is 0. The van der Waals surface area contributed by atoms with Gasteiger partial charge in [-0.1, -0.05) is 12.1 Å². The molecule has 2 amide bonds. The molecule has 2 aromatic carbocycles. The molecule has 0 unspecified atom stereocenters. The highest BCUT2D eigenvalue weighted by Gasteiger charge is 2.27. The fraction of sp³-hybridized carbons (Fsp3) is 0.300. The summed E-state index contributed by atoms with van der Waals surface area (Å²) in [6.07, 6.45) is 1.71. The SMILES string of the molecule is Cc1cccc(OCC(=O)NNC(=O)c2ccc(S(=O)(=O)N3CCCC3)cc2)c1. The molecule has 2 aromatic rings. The molecule has 1 heterocycles. The van der Waals surface area contributed by atoms with Crippen LogP contribution in [0.25, 0.3) is 0 Å². The normalized spacial score (nSPS) is 14.4. The number of carbonyl (C=O) groups is 2. The van der Waals surface area contributed by atoms with Crippen molar-refractivity contribution >= 4 is 21.8 Å². The Morgan fingerprint density at radius 1 is 1.03 bits per heavy atom. The molecule has 0 atom stereocenters. The maximum Gasteiger partial charge on any atom is 0.276 e. The molecular formula is C20H23N3O5S. The summed E-state index contributed by atoms with van der Waals surface area (Å²) in [6.45, 7) is 2.69. The predicted octanol–water partition coefficient (Wildman–Crippen LogP) is 1.62. The van der Waals surface area contributed by atoms with E-state index in [-0.39, 0.29) is 17.1 Å². The summed E-state index contributed by atoms with van der Waals surface area (Å²) in [5.41, 5.74) is 5.78. The van der Waals surface area contributed by atoms with Crippen LogP contribution in [-0.4, -0.2) is 44.2 Å². The quantitative estimate of drug-likeness (QED) is 0.695. The predicted molar refractivity (Wildman–Crippen MR) is 107 cm³/mol. The van der Waals surface area contributed by atoms with Crippen LogP contribution in [0.3, 0.4) is 0 Å². The number of carbonyl (C=O) groups excluding carboxylic acids is 2. The van der Waals surface area contributed by atoms with Gasteiger partial charge in [0.1, 0.15) is 5.75 Å². The van der Waals surface area contributed by atoms with Crippen molar-refractivity contribution in [3.63, 3.8) is 0 Å². The van der Waals surface area contributed by atoms with E-state index in [1.807, 2.05) is 19.1 Å². The molecule has 0 spiro atoms. The molecule has 154 valence electrons. The van der Waals surface area contributed by atoms with Gasteiger partial charge in [-0.2, -0.15) is 4.31 Å². The van der Waals surface area contributed by atoms with Gasteiger partial charge in [0, 0.05) is 18.7 Å². The minimum Gasteiger partial charge on any atom is -0.484 e. The standard InChI is InChI=1S/C20H23N3O5S/c1-15-5-4-6-17(13-15)28-14-19(24)21-22-20(25)16-7-9-18(10-8-16)29(26,27)23-11-2-3-12-23/h4-10,13H,2-3,11-12,14H2,1H3,(H,21,24)(H,22,25). The molecule has 0 radical (unpaired) electrons. The summed E-state index contributed by atoms with van der Waals surface area (Å²) in [6, 6.07) is 12.9. The Bertz CT molecular complexity index is 983.